The topological polar surface area (TPSA) is 75.3 Å². The number of aryl methyl sites for hydroxylation is 1. The standard InChI is InChI=1S/C22H27N5O2/c1-14-10-17-21(25-14)23-13-24-22(17)26-20-16-7-3-4-8-19(16)29-12-18(20)27-9-5-6-15(27)11-28-2/h3-4,7-8,10,13,15,18,20H,5-6,9,11-12H2,1-2H3,(H2,23,24,25,26)/t15-,18+,20+/m1/s1. The Bertz CT molecular complexity index is 1000. The van der Waals surface area contributed by atoms with Gasteiger partial charge in [-0.3, -0.25) is 4.90 Å². The van der Waals surface area contributed by atoms with Crippen LogP contribution in [0.1, 0.15) is 30.1 Å². The van der Waals surface area contributed by atoms with Crippen LogP contribution in [0, 0.1) is 6.92 Å². The molecule has 2 aliphatic rings. The van der Waals surface area contributed by atoms with E-state index >= 15 is 0 Å². The van der Waals surface area contributed by atoms with Crippen molar-refractivity contribution >= 4 is 16.9 Å². The summed E-state index contributed by atoms with van der Waals surface area (Å²) in [4.78, 5) is 14.8. The van der Waals surface area contributed by atoms with Gasteiger partial charge in [0.2, 0.25) is 0 Å². The minimum Gasteiger partial charge on any atom is -0.491 e. The summed E-state index contributed by atoms with van der Waals surface area (Å²) in [7, 11) is 1.78. The summed E-state index contributed by atoms with van der Waals surface area (Å²) in [5.74, 6) is 1.80. The largest absolute Gasteiger partial charge is 0.491 e. The molecule has 0 aliphatic carbocycles. The molecule has 3 atom stereocenters. The number of hydrogen-bond acceptors (Lipinski definition) is 6. The van der Waals surface area contributed by atoms with E-state index in [4.69, 9.17) is 9.47 Å². The molecule has 7 heteroatoms. The number of nitrogens with one attached hydrogen (secondary N) is 2. The molecule has 2 aromatic heterocycles. The summed E-state index contributed by atoms with van der Waals surface area (Å²) < 4.78 is 11.7. The van der Waals surface area contributed by atoms with E-state index in [1.54, 1.807) is 13.4 Å². The van der Waals surface area contributed by atoms with Gasteiger partial charge in [-0.25, -0.2) is 9.97 Å². The van der Waals surface area contributed by atoms with Gasteiger partial charge < -0.3 is 19.8 Å². The lowest BCUT2D eigenvalue weighted by molar-refractivity contribution is 0.0523. The van der Waals surface area contributed by atoms with Crippen LogP contribution in [0.25, 0.3) is 11.0 Å². The second kappa shape index (κ2) is 7.65. The van der Waals surface area contributed by atoms with Crippen molar-refractivity contribution in [3.63, 3.8) is 0 Å². The van der Waals surface area contributed by atoms with Crippen LogP contribution in [0.4, 0.5) is 5.82 Å². The molecule has 1 aromatic carbocycles. The van der Waals surface area contributed by atoms with Gasteiger partial charge >= 0.3 is 0 Å². The molecule has 152 valence electrons. The van der Waals surface area contributed by atoms with Crippen LogP contribution in [0.3, 0.4) is 0 Å². The summed E-state index contributed by atoms with van der Waals surface area (Å²) in [6.45, 7) is 4.50. The molecule has 0 bridgehead atoms. The van der Waals surface area contributed by atoms with Gasteiger partial charge in [-0.2, -0.15) is 0 Å². The molecule has 4 heterocycles. The van der Waals surface area contributed by atoms with Crippen LogP contribution >= 0.6 is 0 Å². The third-order valence-electron chi connectivity index (χ3n) is 6.11. The lowest BCUT2D eigenvalue weighted by Crippen LogP contribution is -2.51. The third kappa shape index (κ3) is 3.34. The molecule has 3 aromatic rings. The lowest BCUT2D eigenvalue weighted by Gasteiger charge is -2.41. The summed E-state index contributed by atoms with van der Waals surface area (Å²) >= 11 is 0. The van der Waals surface area contributed by atoms with Crippen molar-refractivity contribution in [2.45, 2.75) is 37.9 Å². The van der Waals surface area contributed by atoms with E-state index in [-0.39, 0.29) is 12.1 Å². The van der Waals surface area contributed by atoms with Gasteiger partial charge in [-0.15, -0.1) is 0 Å². The molecular formula is C22H27N5O2. The molecule has 0 saturated carbocycles. The van der Waals surface area contributed by atoms with Crippen LogP contribution in [0.2, 0.25) is 0 Å². The molecular weight excluding hydrogens is 366 g/mol. The number of ether oxygens (including phenoxy) is 2. The van der Waals surface area contributed by atoms with Crippen molar-refractivity contribution in [2.75, 3.05) is 32.2 Å². The highest BCUT2D eigenvalue weighted by Gasteiger charge is 2.40. The van der Waals surface area contributed by atoms with Crippen LogP contribution in [-0.4, -0.2) is 58.8 Å². The molecule has 1 saturated heterocycles. The number of aromatic amines is 1. The number of rotatable bonds is 5. The smallest absolute Gasteiger partial charge is 0.143 e. The average molecular weight is 393 g/mol. The number of H-pyrrole nitrogens is 1. The Morgan fingerprint density at radius 3 is 3.10 bits per heavy atom. The monoisotopic (exact) mass is 393 g/mol. The van der Waals surface area contributed by atoms with Gasteiger partial charge in [0.05, 0.1) is 24.1 Å². The number of likely N-dealkylation sites (tertiary alicyclic amines) is 1. The Balaban J connectivity index is 1.54. The molecule has 2 N–H and O–H groups in total. The molecule has 29 heavy (non-hydrogen) atoms. The maximum absolute atomic E-state index is 6.17. The Kier molecular flexibility index (Phi) is 4.85. The highest BCUT2D eigenvalue weighted by atomic mass is 16.5. The molecule has 1 fully saturated rings. The van der Waals surface area contributed by atoms with E-state index in [9.17, 15) is 0 Å². The molecule has 7 nitrogen and oxygen atoms in total. The summed E-state index contributed by atoms with van der Waals surface area (Å²) in [6.07, 6.45) is 3.96. The predicted molar refractivity (Wildman–Crippen MR) is 112 cm³/mol. The van der Waals surface area contributed by atoms with Gasteiger partial charge in [-0.1, -0.05) is 18.2 Å². The zero-order chi connectivity index (χ0) is 19.8. The van der Waals surface area contributed by atoms with Gasteiger partial charge in [-0.05, 0) is 38.4 Å². The van der Waals surface area contributed by atoms with Crippen LogP contribution in [0.5, 0.6) is 5.75 Å². The fraction of sp³-hybridized carbons (Fsp3) is 0.455. The van der Waals surface area contributed by atoms with Crippen molar-refractivity contribution in [3.05, 3.63) is 47.9 Å². The highest BCUT2D eigenvalue weighted by Crippen LogP contribution is 2.39. The quantitative estimate of drug-likeness (QED) is 0.693. The fourth-order valence-electron chi connectivity index (χ4n) is 4.81. The number of methoxy groups -OCH3 is 1. The van der Waals surface area contributed by atoms with E-state index < -0.39 is 0 Å². The van der Waals surface area contributed by atoms with Gasteiger partial charge in [0.25, 0.3) is 0 Å². The number of anilines is 1. The SMILES string of the molecule is COC[C@H]1CCCN1[C@H]1COc2ccccc2[C@@H]1Nc1ncnc2[nH]c(C)cc12. The first-order valence-electron chi connectivity index (χ1n) is 10.3. The van der Waals surface area contributed by atoms with E-state index in [0.29, 0.717) is 12.6 Å². The van der Waals surface area contributed by atoms with E-state index in [2.05, 4.69) is 43.4 Å². The summed E-state index contributed by atoms with van der Waals surface area (Å²) in [5.41, 5.74) is 3.10. The van der Waals surface area contributed by atoms with E-state index in [0.717, 1.165) is 47.9 Å². The minimum atomic E-state index is 0.0747. The number of para-hydroxylation sites is 1. The predicted octanol–water partition coefficient (Wildman–Crippen LogP) is 3.29. The minimum absolute atomic E-state index is 0.0747. The van der Waals surface area contributed by atoms with Crippen molar-refractivity contribution in [2.24, 2.45) is 0 Å². The molecule has 0 spiro atoms. The second-order valence-electron chi connectivity index (χ2n) is 7.96. The number of nitrogens with zero attached hydrogens (tertiary/aromatic N) is 3. The molecule has 0 amide bonds. The number of fused-ring (bicyclic) bond motifs is 2. The number of benzene rings is 1. The Labute approximate surface area is 170 Å². The first kappa shape index (κ1) is 18.4. The van der Waals surface area contributed by atoms with Crippen molar-refractivity contribution in [3.8, 4) is 5.75 Å². The van der Waals surface area contributed by atoms with Crippen molar-refractivity contribution < 1.29 is 9.47 Å². The first-order valence-corrected chi connectivity index (χ1v) is 10.3. The van der Waals surface area contributed by atoms with E-state index in [1.165, 1.54) is 12.0 Å². The Morgan fingerprint density at radius 1 is 1.31 bits per heavy atom. The zero-order valence-corrected chi connectivity index (χ0v) is 16.9. The summed E-state index contributed by atoms with van der Waals surface area (Å²) in [6, 6.07) is 11.1. The van der Waals surface area contributed by atoms with Crippen LogP contribution < -0.4 is 10.1 Å². The highest BCUT2D eigenvalue weighted by molar-refractivity contribution is 5.87. The average Bonchev–Trinajstić information content (AvgIpc) is 3.35. The third-order valence-corrected chi connectivity index (χ3v) is 6.11. The fourth-order valence-corrected chi connectivity index (χ4v) is 4.81. The molecule has 5 rings (SSSR count). The van der Waals surface area contributed by atoms with E-state index in [1.807, 2.05) is 19.1 Å². The normalized spacial score (nSPS) is 24.4. The van der Waals surface area contributed by atoms with Gasteiger partial charge in [0.15, 0.2) is 0 Å². The van der Waals surface area contributed by atoms with Crippen molar-refractivity contribution in [1.29, 1.82) is 0 Å². The zero-order valence-electron chi connectivity index (χ0n) is 16.9. The van der Waals surface area contributed by atoms with Crippen LogP contribution in [0.15, 0.2) is 36.7 Å². The number of hydrogen-bond donors (Lipinski definition) is 2. The van der Waals surface area contributed by atoms with Crippen LogP contribution in [-0.2, 0) is 4.74 Å². The molecule has 2 aliphatic heterocycles. The van der Waals surface area contributed by atoms with Gasteiger partial charge in [0, 0.05) is 24.4 Å². The Morgan fingerprint density at radius 2 is 2.21 bits per heavy atom. The first-order chi connectivity index (χ1) is 14.2. The molecule has 0 unspecified atom stereocenters. The second-order valence-corrected chi connectivity index (χ2v) is 7.96. The van der Waals surface area contributed by atoms with Crippen molar-refractivity contribution in [1.82, 2.24) is 19.9 Å². The van der Waals surface area contributed by atoms with Gasteiger partial charge in [0.1, 0.15) is 30.1 Å². The molecule has 0 radical (unpaired) electrons. The maximum Gasteiger partial charge on any atom is 0.143 e. The Hall–Kier alpha value is -2.64. The summed E-state index contributed by atoms with van der Waals surface area (Å²) in [5, 5.41) is 4.77. The number of aromatic nitrogens is 3. The maximum atomic E-state index is 6.17. The lowest BCUT2D eigenvalue weighted by atomic mass is 9.94.